The van der Waals surface area contributed by atoms with Crippen molar-refractivity contribution in [3.8, 4) is 11.8 Å². The molecule has 122 valence electrons. The average Bonchev–Trinajstić information content (AvgIpc) is 2.58. The van der Waals surface area contributed by atoms with E-state index in [-0.39, 0.29) is 5.57 Å². The van der Waals surface area contributed by atoms with Crippen LogP contribution in [0.3, 0.4) is 0 Å². The van der Waals surface area contributed by atoms with Crippen molar-refractivity contribution in [2.45, 2.75) is 13.3 Å². The van der Waals surface area contributed by atoms with Gasteiger partial charge in [0, 0.05) is 10.7 Å². The van der Waals surface area contributed by atoms with Crippen molar-refractivity contribution in [2.75, 3.05) is 11.9 Å². The molecule has 1 amide bonds. The summed E-state index contributed by atoms with van der Waals surface area (Å²) in [5, 5.41) is 12.4. The molecule has 2 aromatic carbocycles. The van der Waals surface area contributed by atoms with Crippen molar-refractivity contribution in [3.63, 3.8) is 0 Å². The fraction of sp³-hybridized carbons (Fsp3) is 0.158. The number of hydrogen-bond donors (Lipinski definition) is 1. The standard InChI is InChI=1S/C19H17ClN2O2/c1-2-10-24-18-8-6-14(7-9-18)11-15(13-21)19(23)22-17-5-3-4-16(20)12-17/h3-9,11-12H,2,10H2,1H3,(H,22,23)/b15-11+. The van der Waals surface area contributed by atoms with Gasteiger partial charge in [-0.3, -0.25) is 4.79 Å². The van der Waals surface area contributed by atoms with Crippen LogP contribution in [0, 0.1) is 11.3 Å². The molecule has 0 unspecified atom stereocenters. The van der Waals surface area contributed by atoms with Gasteiger partial charge in [0.1, 0.15) is 17.4 Å². The highest BCUT2D eigenvalue weighted by Crippen LogP contribution is 2.17. The molecule has 0 spiro atoms. The number of hydrogen-bond acceptors (Lipinski definition) is 3. The van der Waals surface area contributed by atoms with E-state index < -0.39 is 5.91 Å². The van der Waals surface area contributed by atoms with E-state index in [0.717, 1.165) is 17.7 Å². The van der Waals surface area contributed by atoms with Crippen molar-refractivity contribution >= 4 is 29.3 Å². The van der Waals surface area contributed by atoms with Crippen molar-refractivity contribution in [3.05, 3.63) is 64.7 Å². The van der Waals surface area contributed by atoms with Gasteiger partial charge in [0.15, 0.2) is 0 Å². The predicted molar refractivity (Wildman–Crippen MR) is 95.9 cm³/mol. The van der Waals surface area contributed by atoms with E-state index in [1.807, 2.05) is 25.1 Å². The van der Waals surface area contributed by atoms with Gasteiger partial charge in [0.25, 0.3) is 5.91 Å². The lowest BCUT2D eigenvalue weighted by Gasteiger charge is -2.06. The summed E-state index contributed by atoms with van der Waals surface area (Å²) in [6, 6.07) is 15.9. The van der Waals surface area contributed by atoms with E-state index in [0.29, 0.717) is 17.3 Å². The molecule has 0 aliphatic carbocycles. The summed E-state index contributed by atoms with van der Waals surface area (Å²) in [4.78, 5) is 12.2. The van der Waals surface area contributed by atoms with Crippen molar-refractivity contribution in [2.24, 2.45) is 0 Å². The van der Waals surface area contributed by atoms with Crippen molar-refractivity contribution in [1.29, 1.82) is 5.26 Å². The monoisotopic (exact) mass is 340 g/mol. The van der Waals surface area contributed by atoms with Crippen LogP contribution < -0.4 is 10.1 Å². The molecule has 0 aliphatic rings. The molecule has 2 rings (SSSR count). The molecule has 4 nitrogen and oxygen atoms in total. The molecular formula is C19H17ClN2O2. The Balaban J connectivity index is 2.10. The van der Waals surface area contributed by atoms with Gasteiger partial charge in [-0.15, -0.1) is 0 Å². The number of halogens is 1. The number of nitrogens with one attached hydrogen (secondary N) is 1. The highest BCUT2D eigenvalue weighted by molar-refractivity contribution is 6.31. The Hall–Kier alpha value is -2.77. The van der Waals surface area contributed by atoms with Crippen LogP contribution in [-0.4, -0.2) is 12.5 Å². The van der Waals surface area contributed by atoms with Gasteiger partial charge in [-0.1, -0.05) is 36.7 Å². The van der Waals surface area contributed by atoms with Gasteiger partial charge in [-0.2, -0.15) is 5.26 Å². The maximum Gasteiger partial charge on any atom is 0.266 e. The molecule has 0 aliphatic heterocycles. The van der Waals surface area contributed by atoms with Crippen LogP contribution in [0.5, 0.6) is 5.75 Å². The van der Waals surface area contributed by atoms with E-state index >= 15 is 0 Å². The quantitative estimate of drug-likeness (QED) is 0.613. The number of ether oxygens (including phenoxy) is 1. The smallest absolute Gasteiger partial charge is 0.266 e. The molecule has 0 saturated heterocycles. The topological polar surface area (TPSA) is 62.1 Å². The predicted octanol–water partition coefficient (Wildman–Crippen LogP) is 4.67. The molecule has 0 atom stereocenters. The normalized spacial score (nSPS) is 10.8. The SMILES string of the molecule is CCCOc1ccc(/C=C(\C#N)C(=O)Nc2cccc(Cl)c2)cc1. The van der Waals surface area contributed by atoms with Gasteiger partial charge in [0.05, 0.1) is 6.61 Å². The molecule has 0 fully saturated rings. The van der Waals surface area contributed by atoms with E-state index in [1.165, 1.54) is 6.08 Å². The first-order chi connectivity index (χ1) is 11.6. The molecule has 24 heavy (non-hydrogen) atoms. The van der Waals surface area contributed by atoms with Crippen LogP contribution in [0.4, 0.5) is 5.69 Å². The summed E-state index contributed by atoms with van der Waals surface area (Å²) in [6.07, 6.45) is 2.47. The first-order valence-electron chi connectivity index (χ1n) is 7.54. The Morgan fingerprint density at radius 1 is 1.29 bits per heavy atom. The highest BCUT2D eigenvalue weighted by atomic mass is 35.5. The van der Waals surface area contributed by atoms with Crippen LogP contribution in [0.15, 0.2) is 54.1 Å². The zero-order chi connectivity index (χ0) is 17.4. The van der Waals surface area contributed by atoms with Crippen LogP contribution in [0.1, 0.15) is 18.9 Å². The zero-order valence-corrected chi connectivity index (χ0v) is 14.0. The minimum atomic E-state index is -0.480. The zero-order valence-electron chi connectivity index (χ0n) is 13.3. The van der Waals surface area contributed by atoms with E-state index in [1.54, 1.807) is 36.4 Å². The Morgan fingerprint density at radius 2 is 2.04 bits per heavy atom. The second kappa shape index (κ2) is 8.76. The fourth-order valence-corrected chi connectivity index (χ4v) is 2.15. The van der Waals surface area contributed by atoms with Gasteiger partial charge >= 0.3 is 0 Å². The Labute approximate surface area is 146 Å². The third-order valence-corrected chi connectivity index (χ3v) is 3.35. The first kappa shape index (κ1) is 17.6. The maximum absolute atomic E-state index is 12.2. The van der Waals surface area contributed by atoms with Gasteiger partial charge < -0.3 is 10.1 Å². The summed E-state index contributed by atoms with van der Waals surface area (Å²) in [7, 11) is 0. The number of nitriles is 1. The number of carbonyl (C=O) groups excluding carboxylic acids is 1. The second-order valence-electron chi connectivity index (χ2n) is 5.05. The maximum atomic E-state index is 12.2. The Kier molecular flexibility index (Phi) is 6.41. The van der Waals surface area contributed by atoms with Crippen LogP contribution in [0.2, 0.25) is 5.02 Å². The average molecular weight is 341 g/mol. The molecule has 1 N–H and O–H groups in total. The number of nitrogens with zero attached hydrogens (tertiary/aromatic N) is 1. The van der Waals surface area contributed by atoms with Crippen LogP contribution >= 0.6 is 11.6 Å². The van der Waals surface area contributed by atoms with Gasteiger partial charge in [-0.25, -0.2) is 0 Å². The summed E-state index contributed by atoms with van der Waals surface area (Å²) < 4.78 is 5.50. The molecule has 5 heteroatoms. The molecular weight excluding hydrogens is 324 g/mol. The molecule has 2 aromatic rings. The Bertz CT molecular complexity index is 777. The minimum Gasteiger partial charge on any atom is -0.494 e. The fourth-order valence-electron chi connectivity index (χ4n) is 1.96. The largest absolute Gasteiger partial charge is 0.494 e. The lowest BCUT2D eigenvalue weighted by molar-refractivity contribution is -0.112. The molecule has 0 bridgehead atoms. The highest BCUT2D eigenvalue weighted by Gasteiger charge is 2.09. The van der Waals surface area contributed by atoms with Gasteiger partial charge in [-0.05, 0) is 48.4 Å². The lowest BCUT2D eigenvalue weighted by Crippen LogP contribution is -2.13. The third-order valence-electron chi connectivity index (χ3n) is 3.11. The summed E-state index contributed by atoms with van der Waals surface area (Å²) >= 11 is 5.88. The first-order valence-corrected chi connectivity index (χ1v) is 7.91. The molecule has 0 aromatic heterocycles. The third kappa shape index (κ3) is 5.15. The number of anilines is 1. The van der Waals surface area contributed by atoms with E-state index in [4.69, 9.17) is 16.3 Å². The number of carbonyl (C=O) groups is 1. The lowest BCUT2D eigenvalue weighted by atomic mass is 10.1. The van der Waals surface area contributed by atoms with Crippen LogP contribution in [0.25, 0.3) is 6.08 Å². The number of rotatable bonds is 6. The number of benzene rings is 2. The van der Waals surface area contributed by atoms with E-state index in [2.05, 4.69) is 5.32 Å². The summed E-state index contributed by atoms with van der Waals surface area (Å²) in [6.45, 7) is 2.69. The van der Waals surface area contributed by atoms with Crippen molar-refractivity contribution in [1.82, 2.24) is 0 Å². The van der Waals surface area contributed by atoms with Crippen molar-refractivity contribution < 1.29 is 9.53 Å². The summed E-state index contributed by atoms with van der Waals surface area (Å²) in [5.74, 6) is 0.280. The molecule has 0 heterocycles. The molecule has 0 radical (unpaired) electrons. The van der Waals surface area contributed by atoms with Gasteiger partial charge in [0.2, 0.25) is 0 Å². The second-order valence-corrected chi connectivity index (χ2v) is 5.49. The van der Waals surface area contributed by atoms with E-state index in [9.17, 15) is 10.1 Å². The Morgan fingerprint density at radius 3 is 2.67 bits per heavy atom. The summed E-state index contributed by atoms with van der Waals surface area (Å²) in [5.41, 5.74) is 1.30. The minimum absolute atomic E-state index is 0.0113. The molecule has 0 saturated carbocycles. The van der Waals surface area contributed by atoms with Crippen LogP contribution in [-0.2, 0) is 4.79 Å². The number of amides is 1.